The lowest BCUT2D eigenvalue weighted by Gasteiger charge is -2.32. The van der Waals surface area contributed by atoms with Crippen molar-refractivity contribution in [1.82, 2.24) is 24.8 Å². The van der Waals surface area contributed by atoms with Crippen molar-refractivity contribution in [3.05, 3.63) is 53.9 Å². The van der Waals surface area contributed by atoms with Crippen LogP contribution in [0.15, 0.2) is 36.7 Å². The predicted octanol–water partition coefficient (Wildman–Crippen LogP) is 3.01. The molecule has 1 aliphatic heterocycles. The molecule has 6 heteroatoms. The van der Waals surface area contributed by atoms with E-state index in [1.54, 1.807) is 12.4 Å². The van der Waals surface area contributed by atoms with Gasteiger partial charge in [0.15, 0.2) is 0 Å². The third-order valence-corrected chi connectivity index (χ3v) is 5.00. The van der Waals surface area contributed by atoms with Crippen LogP contribution in [-0.2, 0) is 12.8 Å². The van der Waals surface area contributed by atoms with E-state index in [1.807, 2.05) is 36.1 Å². The Hall–Kier alpha value is -2.76. The number of carbonyl (C=O) groups is 1. The minimum atomic E-state index is 0.0296. The number of likely N-dealkylation sites (tertiary alicyclic amines) is 1. The van der Waals surface area contributed by atoms with Gasteiger partial charge in [-0.05, 0) is 30.9 Å². The topological polar surface area (TPSA) is 74.8 Å². The van der Waals surface area contributed by atoms with Crippen LogP contribution in [-0.4, -0.2) is 43.8 Å². The molecule has 0 radical (unpaired) electrons. The number of carbonyl (C=O) groups excluding carboxylic acids is 1. The number of para-hydroxylation sites is 2. The molecule has 0 unspecified atom stereocenters. The van der Waals surface area contributed by atoms with E-state index >= 15 is 0 Å². The second-order valence-corrected chi connectivity index (χ2v) is 6.91. The van der Waals surface area contributed by atoms with Crippen LogP contribution < -0.4 is 0 Å². The summed E-state index contributed by atoms with van der Waals surface area (Å²) in [4.78, 5) is 31.3. The van der Waals surface area contributed by atoms with Gasteiger partial charge in [-0.15, -0.1) is 0 Å². The van der Waals surface area contributed by atoms with E-state index in [2.05, 4.69) is 19.9 Å². The lowest BCUT2D eigenvalue weighted by Crippen LogP contribution is -2.40. The molecular weight excluding hydrogens is 326 g/mol. The third kappa shape index (κ3) is 3.45. The van der Waals surface area contributed by atoms with Crippen LogP contribution in [0.3, 0.4) is 0 Å². The molecular formula is C20H23N5O. The van der Waals surface area contributed by atoms with E-state index in [4.69, 9.17) is 0 Å². The summed E-state index contributed by atoms with van der Waals surface area (Å²) < 4.78 is 0. The van der Waals surface area contributed by atoms with E-state index in [0.717, 1.165) is 61.5 Å². The van der Waals surface area contributed by atoms with Crippen molar-refractivity contribution in [3.63, 3.8) is 0 Å². The van der Waals surface area contributed by atoms with Crippen molar-refractivity contribution in [2.24, 2.45) is 5.92 Å². The van der Waals surface area contributed by atoms with Crippen molar-refractivity contribution in [1.29, 1.82) is 0 Å². The number of aryl methyl sites for hydroxylation is 1. The molecule has 4 rings (SSSR count). The van der Waals surface area contributed by atoms with Crippen LogP contribution in [0.4, 0.5) is 0 Å². The van der Waals surface area contributed by atoms with Gasteiger partial charge in [-0.25, -0.2) is 15.0 Å². The second kappa shape index (κ2) is 7.23. The molecule has 1 N–H and O–H groups in total. The van der Waals surface area contributed by atoms with Gasteiger partial charge in [0, 0.05) is 38.3 Å². The zero-order valence-electron chi connectivity index (χ0n) is 15.0. The van der Waals surface area contributed by atoms with Gasteiger partial charge in [-0.3, -0.25) is 4.79 Å². The van der Waals surface area contributed by atoms with Crippen molar-refractivity contribution in [2.45, 2.75) is 32.6 Å². The largest absolute Gasteiger partial charge is 0.342 e. The number of amides is 1. The fourth-order valence-corrected chi connectivity index (χ4v) is 3.62. The number of aromatic nitrogens is 4. The molecule has 1 atom stereocenters. The SMILES string of the molecule is CCc1ncc(C(=O)N2CCC[C@H](Cc3nc4ccccc4[nH]3)C2)cn1. The Morgan fingerprint density at radius 1 is 1.27 bits per heavy atom. The smallest absolute Gasteiger partial charge is 0.256 e. The zero-order chi connectivity index (χ0) is 17.9. The normalized spacial score (nSPS) is 17.6. The highest BCUT2D eigenvalue weighted by Crippen LogP contribution is 2.22. The standard InChI is InChI=1S/C20H23N5O/c1-2-18-21-11-15(12-22-18)20(26)25-9-5-6-14(13-25)10-19-23-16-7-3-4-8-17(16)24-19/h3-4,7-8,11-12,14H,2,5-6,9-10,13H2,1H3,(H,23,24)/t14-/m1/s1. The minimum Gasteiger partial charge on any atom is -0.342 e. The summed E-state index contributed by atoms with van der Waals surface area (Å²) in [6.07, 6.45) is 7.08. The molecule has 0 bridgehead atoms. The molecule has 1 saturated heterocycles. The molecule has 3 aromatic rings. The fourth-order valence-electron chi connectivity index (χ4n) is 3.62. The highest BCUT2D eigenvalue weighted by molar-refractivity contribution is 5.93. The number of hydrogen-bond acceptors (Lipinski definition) is 4. The lowest BCUT2D eigenvalue weighted by atomic mass is 9.94. The van der Waals surface area contributed by atoms with Gasteiger partial charge in [0.1, 0.15) is 11.6 Å². The molecule has 0 aliphatic carbocycles. The molecule has 1 fully saturated rings. The van der Waals surface area contributed by atoms with Crippen molar-refractivity contribution in [2.75, 3.05) is 13.1 Å². The molecule has 1 aromatic carbocycles. The Morgan fingerprint density at radius 3 is 2.85 bits per heavy atom. The molecule has 3 heterocycles. The first-order valence-corrected chi connectivity index (χ1v) is 9.26. The van der Waals surface area contributed by atoms with Crippen molar-refractivity contribution in [3.8, 4) is 0 Å². The highest BCUT2D eigenvalue weighted by atomic mass is 16.2. The monoisotopic (exact) mass is 349 g/mol. The summed E-state index contributed by atoms with van der Waals surface area (Å²) >= 11 is 0. The van der Waals surface area contributed by atoms with E-state index in [0.29, 0.717) is 11.5 Å². The average Bonchev–Trinajstić information content (AvgIpc) is 3.10. The summed E-state index contributed by atoms with van der Waals surface area (Å²) in [5, 5.41) is 0. The summed E-state index contributed by atoms with van der Waals surface area (Å²) in [5.41, 5.74) is 2.64. The van der Waals surface area contributed by atoms with Gasteiger partial charge in [0.05, 0.1) is 16.6 Å². The molecule has 1 amide bonds. The Kier molecular flexibility index (Phi) is 4.65. The number of hydrogen-bond donors (Lipinski definition) is 1. The predicted molar refractivity (Wildman–Crippen MR) is 99.8 cm³/mol. The van der Waals surface area contributed by atoms with E-state index in [9.17, 15) is 4.79 Å². The van der Waals surface area contributed by atoms with Gasteiger partial charge < -0.3 is 9.88 Å². The summed E-state index contributed by atoms with van der Waals surface area (Å²) in [5.74, 6) is 2.22. The molecule has 0 spiro atoms. The maximum atomic E-state index is 12.8. The van der Waals surface area contributed by atoms with Crippen LogP contribution in [0.2, 0.25) is 0 Å². The van der Waals surface area contributed by atoms with Gasteiger partial charge in [-0.1, -0.05) is 19.1 Å². The van der Waals surface area contributed by atoms with Crippen LogP contribution in [0, 0.1) is 5.92 Å². The maximum Gasteiger partial charge on any atom is 0.256 e. The van der Waals surface area contributed by atoms with E-state index < -0.39 is 0 Å². The van der Waals surface area contributed by atoms with Gasteiger partial charge in [-0.2, -0.15) is 0 Å². The van der Waals surface area contributed by atoms with Gasteiger partial charge >= 0.3 is 0 Å². The van der Waals surface area contributed by atoms with Crippen LogP contribution >= 0.6 is 0 Å². The minimum absolute atomic E-state index is 0.0296. The van der Waals surface area contributed by atoms with Crippen LogP contribution in [0.25, 0.3) is 11.0 Å². The molecule has 6 nitrogen and oxygen atoms in total. The van der Waals surface area contributed by atoms with E-state index in [1.165, 1.54) is 0 Å². The Bertz CT molecular complexity index is 869. The number of rotatable bonds is 4. The van der Waals surface area contributed by atoms with Crippen LogP contribution in [0.1, 0.15) is 41.8 Å². The lowest BCUT2D eigenvalue weighted by molar-refractivity contribution is 0.0671. The number of fused-ring (bicyclic) bond motifs is 1. The first-order chi connectivity index (χ1) is 12.7. The Labute approximate surface area is 152 Å². The second-order valence-electron chi connectivity index (χ2n) is 6.91. The number of aromatic amines is 1. The van der Waals surface area contributed by atoms with Crippen molar-refractivity contribution >= 4 is 16.9 Å². The van der Waals surface area contributed by atoms with Crippen molar-refractivity contribution < 1.29 is 4.79 Å². The average molecular weight is 349 g/mol. The number of H-pyrrole nitrogens is 1. The number of imidazole rings is 1. The molecule has 2 aromatic heterocycles. The first kappa shape index (κ1) is 16.7. The summed E-state index contributed by atoms with van der Waals surface area (Å²) in [6.45, 7) is 3.56. The number of nitrogens with zero attached hydrogens (tertiary/aromatic N) is 4. The molecule has 1 aliphatic rings. The molecule has 0 saturated carbocycles. The fraction of sp³-hybridized carbons (Fsp3) is 0.400. The highest BCUT2D eigenvalue weighted by Gasteiger charge is 2.25. The number of benzene rings is 1. The summed E-state index contributed by atoms with van der Waals surface area (Å²) in [7, 11) is 0. The van der Waals surface area contributed by atoms with Gasteiger partial charge in [0.2, 0.25) is 0 Å². The zero-order valence-corrected chi connectivity index (χ0v) is 15.0. The Balaban J connectivity index is 1.43. The third-order valence-electron chi connectivity index (χ3n) is 5.00. The number of nitrogens with one attached hydrogen (secondary N) is 1. The quantitative estimate of drug-likeness (QED) is 0.786. The maximum absolute atomic E-state index is 12.8. The molecule has 26 heavy (non-hydrogen) atoms. The van der Waals surface area contributed by atoms with E-state index in [-0.39, 0.29) is 5.91 Å². The van der Waals surface area contributed by atoms with Crippen LogP contribution in [0.5, 0.6) is 0 Å². The Morgan fingerprint density at radius 2 is 2.08 bits per heavy atom. The summed E-state index contributed by atoms with van der Waals surface area (Å²) in [6, 6.07) is 8.07. The number of piperidine rings is 1. The van der Waals surface area contributed by atoms with Gasteiger partial charge in [0.25, 0.3) is 5.91 Å². The molecule has 134 valence electrons. The first-order valence-electron chi connectivity index (χ1n) is 9.26.